The van der Waals surface area contributed by atoms with Gasteiger partial charge in [-0.15, -0.1) is 0 Å². The number of H-pyrrole nitrogens is 1. The van der Waals surface area contributed by atoms with Crippen molar-refractivity contribution in [2.75, 3.05) is 0 Å². The Morgan fingerprint density at radius 1 is 1.11 bits per heavy atom. The molecule has 1 aromatic carbocycles. The molecule has 0 fully saturated rings. The Morgan fingerprint density at radius 3 is 2.67 bits per heavy atom. The first-order valence-electron chi connectivity index (χ1n) is 8.73. The van der Waals surface area contributed by atoms with Crippen molar-refractivity contribution in [3.8, 4) is 0 Å². The number of para-hydroxylation sites is 1. The number of nitrogens with zero attached hydrogens (tertiary/aromatic N) is 2. The lowest BCUT2D eigenvalue weighted by Crippen LogP contribution is -2.25. The zero-order chi connectivity index (χ0) is 19.1. The van der Waals surface area contributed by atoms with Gasteiger partial charge in [0.15, 0.2) is 11.8 Å². The molecule has 0 saturated heterocycles. The Balaban J connectivity index is 1.59. The minimum atomic E-state index is -0.915. The first-order chi connectivity index (χ1) is 13.0. The van der Waals surface area contributed by atoms with Crippen LogP contribution in [-0.4, -0.2) is 32.2 Å². The lowest BCUT2D eigenvalue weighted by Gasteiger charge is -2.11. The fourth-order valence-corrected chi connectivity index (χ4v) is 3.32. The largest absolute Gasteiger partial charge is 0.449 e. The molecule has 0 bridgehead atoms. The van der Waals surface area contributed by atoms with Gasteiger partial charge in [0.1, 0.15) is 5.65 Å². The number of esters is 1. The predicted octanol–water partition coefficient (Wildman–Crippen LogP) is 3.86. The molecule has 0 saturated carbocycles. The number of benzene rings is 1. The van der Waals surface area contributed by atoms with Crippen molar-refractivity contribution in [3.63, 3.8) is 0 Å². The normalized spacial score (nSPS) is 12.4. The van der Waals surface area contributed by atoms with Crippen LogP contribution in [-0.2, 0) is 4.74 Å². The molecule has 6 heteroatoms. The van der Waals surface area contributed by atoms with Crippen molar-refractivity contribution in [2.24, 2.45) is 0 Å². The first kappa shape index (κ1) is 17.0. The van der Waals surface area contributed by atoms with Crippen LogP contribution < -0.4 is 0 Å². The number of ketones is 1. The molecule has 1 N–H and O–H groups in total. The number of Topliss-reactive ketones (excluding diaryl/α,β-unsaturated/α-hetero) is 1. The van der Waals surface area contributed by atoms with Gasteiger partial charge in [0, 0.05) is 34.1 Å². The van der Waals surface area contributed by atoms with E-state index in [9.17, 15) is 9.59 Å². The average Bonchev–Trinajstić information content (AvgIpc) is 3.22. The number of rotatable bonds is 4. The summed E-state index contributed by atoms with van der Waals surface area (Å²) in [5, 5.41) is 0.825. The zero-order valence-electron chi connectivity index (χ0n) is 15.3. The highest BCUT2D eigenvalue weighted by Crippen LogP contribution is 2.24. The molecule has 136 valence electrons. The minimum absolute atomic E-state index is 0.180. The fourth-order valence-electron chi connectivity index (χ4n) is 3.32. The molecule has 6 nitrogen and oxygen atoms in total. The van der Waals surface area contributed by atoms with Crippen LogP contribution in [0.1, 0.15) is 39.2 Å². The van der Waals surface area contributed by atoms with E-state index in [1.54, 1.807) is 13.1 Å². The number of aromatic amines is 1. The Hall–Kier alpha value is -3.41. The number of aromatic nitrogens is 3. The summed E-state index contributed by atoms with van der Waals surface area (Å²) >= 11 is 0. The Bertz CT molecular complexity index is 1190. The molecule has 4 aromatic rings. The van der Waals surface area contributed by atoms with Crippen LogP contribution in [0.2, 0.25) is 0 Å². The molecule has 0 amide bonds. The number of pyridine rings is 1. The summed E-state index contributed by atoms with van der Waals surface area (Å²) in [4.78, 5) is 32.9. The van der Waals surface area contributed by atoms with Crippen LogP contribution in [0.5, 0.6) is 0 Å². The average molecular weight is 361 g/mol. The number of ether oxygens (including phenoxy) is 1. The third-order valence-corrected chi connectivity index (χ3v) is 4.70. The molecule has 3 heterocycles. The van der Waals surface area contributed by atoms with Gasteiger partial charge in [-0.2, -0.15) is 0 Å². The minimum Gasteiger partial charge on any atom is -0.449 e. The van der Waals surface area contributed by atoms with E-state index >= 15 is 0 Å². The third kappa shape index (κ3) is 2.89. The molecular formula is C21H19N3O3. The van der Waals surface area contributed by atoms with Gasteiger partial charge >= 0.3 is 5.97 Å². The van der Waals surface area contributed by atoms with Gasteiger partial charge < -0.3 is 14.1 Å². The number of fused-ring (bicyclic) bond motifs is 2. The summed E-state index contributed by atoms with van der Waals surface area (Å²) in [6, 6.07) is 13.2. The summed E-state index contributed by atoms with van der Waals surface area (Å²) in [6.07, 6.45) is 0.711. The van der Waals surface area contributed by atoms with E-state index in [0.717, 1.165) is 22.3 Å². The van der Waals surface area contributed by atoms with Gasteiger partial charge in [-0.1, -0.05) is 24.3 Å². The molecule has 3 aromatic heterocycles. The third-order valence-electron chi connectivity index (χ3n) is 4.70. The maximum absolute atomic E-state index is 12.9. The van der Waals surface area contributed by atoms with E-state index in [1.807, 2.05) is 60.7 Å². The lowest BCUT2D eigenvalue weighted by atomic mass is 10.0. The second kappa shape index (κ2) is 6.39. The molecule has 4 rings (SSSR count). The van der Waals surface area contributed by atoms with Crippen molar-refractivity contribution >= 4 is 28.3 Å². The number of hydrogen-bond acceptors (Lipinski definition) is 4. The lowest BCUT2D eigenvalue weighted by molar-refractivity contribution is 0.0314. The van der Waals surface area contributed by atoms with Crippen molar-refractivity contribution in [2.45, 2.75) is 26.9 Å². The second-order valence-corrected chi connectivity index (χ2v) is 6.60. The summed E-state index contributed by atoms with van der Waals surface area (Å²) in [5.41, 5.74) is 3.99. The Morgan fingerprint density at radius 2 is 1.89 bits per heavy atom. The number of carbonyl (C=O) groups is 2. The number of imidazole rings is 1. The standard InChI is InChI=1S/C21H19N3O3/c1-12-7-6-10-18-23-17(11-24(12)18)21(26)27-14(3)20(25)19-13(2)22-16-9-5-4-8-15(16)19/h4-11,14,22H,1-3H3. The molecular weight excluding hydrogens is 342 g/mol. The molecule has 0 aliphatic heterocycles. The quantitative estimate of drug-likeness (QED) is 0.442. The highest BCUT2D eigenvalue weighted by molar-refractivity contribution is 6.11. The van der Waals surface area contributed by atoms with Crippen molar-refractivity contribution in [1.82, 2.24) is 14.4 Å². The smallest absolute Gasteiger partial charge is 0.359 e. The molecule has 27 heavy (non-hydrogen) atoms. The van der Waals surface area contributed by atoms with E-state index in [-0.39, 0.29) is 11.5 Å². The van der Waals surface area contributed by atoms with Crippen LogP contribution in [0.25, 0.3) is 16.6 Å². The van der Waals surface area contributed by atoms with Crippen molar-refractivity contribution < 1.29 is 14.3 Å². The number of aryl methyl sites for hydroxylation is 2. The highest BCUT2D eigenvalue weighted by atomic mass is 16.5. The number of carbonyl (C=O) groups excluding carboxylic acids is 2. The van der Waals surface area contributed by atoms with Gasteiger partial charge in [0.2, 0.25) is 5.78 Å². The van der Waals surface area contributed by atoms with Crippen LogP contribution in [0.3, 0.4) is 0 Å². The molecule has 0 aliphatic rings. The van der Waals surface area contributed by atoms with E-state index in [1.165, 1.54) is 0 Å². The van der Waals surface area contributed by atoms with Gasteiger partial charge in [-0.25, -0.2) is 9.78 Å². The second-order valence-electron chi connectivity index (χ2n) is 6.60. The van der Waals surface area contributed by atoms with Crippen LogP contribution in [0.4, 0.5) is 0 Å². The van der Waals surface area contributed by atoms with Gasteiger partial charge in [-0.3, -0.25) is 4.79 Å². The SMILES string of the molecule is Cc1[nH]c2ccccc2c1C(=O)C(C)OC(=O)c1cn2c(C)cccc2n1. The Labute approximate surface area is 155 Å². The topological polar surface area (TPSA) is 76.5 Å². The summed E-state index contributed by atoms with van der Waals surface area (Å²) in [7, 11) is 0. The first-order valence-corrected chi connectivity index (χ1v) is 8.73. The van der Waals surface area contributed by atoms with Crippen LogP contribution in [0, 0.1) is 13.8 Å². The van der Waals surface area contributed by atoms with Crippen LogP contribution >= 0.6 is 0 Å². The molecule has 0 spiro atoms. The number of nitrogens with one attached hydrogen (secondary N) is 1. The zero-order valence-corrected chi connectivity index (χ0v) is 15.3. The predicted molar refractivity (Wildman–Crippen MR) is 102 cm³/mol. The molecule has 1 atom stereocenters. The van der Waals surface area contributed by atoms with Gasteiger partial charge in [0.05, 0.1) is 0 Å². The summed E-state index contributed by atoms with van der Waals surface area (Å²) < 4.78 is 7.23. The van der Waals surface area contributed by atoms with Gasteiger partial charge in [-0.05, 0) is 39.0 Å². The van der Waals surface area contributed by atoms with Gasteiger partial charge in [0.25, 0.3) is 0 Å². The van der Waals surface area contributed by atoms with Crippen molar-refractivity contribution in [1.29, 1.82) is 0 Å². The maximum atomic E-state index is 12.9. The molecule has 0 radical (unpaired) electrons. The van der Waals surface area contributed by atoms with E-state index in [4.69, 9.17) is 4.74 Å². The van der Waals surface area contributed by atoms with E-state index < -0.39 is 12.1 Å². The Kier molecular flexibility index (Phi) is 4.03. The highest BCUT2D eigenvalue weighted by Gasteiger charge is 2.25. The van der Waals surface area contributed by atoms with Crippen molar-refractivity contribution in [3.05, 3.63) is 71.3 Å². The van der Waals surface area contributed by atoms with E-state index in [2.05, 4.69) is 9.97 Å². The maximum Gasteiger partial charge on any atom is 0.359 e. The summed E-state index contributed by atoms with van der Waals surface area (Å²) in [6.45, 7) is 5.35. The number of hydrogen-bond donors (Lipinski definition) is 1. The molecule has 1 unspecified atom stereocenters. The van der Waals surface area contributed by atoms with E-state index in [0.29, 0.717) is 11.2 Å². The molecule has 0 aliphatic carbocycles. The fraction of sp³-hybridized carbons (Fsp3) is 0.190. The summed E-state index contributed by atoms with van der Waals surface area (Å²) in [5.74, 6) is -0.852. The monoisotopic (exact) mass is 361 g/mol. The van der Waals surface area contributed by atoms with Crippen LogP contribution in [0.15, 0.2) is 48.7 Å².